The molecule has 1 unspecified atom stereocenters. The maximum atomic E-state index is 13.8. The highest BCUT2D eigenvalue weighted by Crippen LogP contribution is 2.27. The standard InChI is InChI=1S/C16H12ClFN2O2/c17-10-5-7-11(8-6-10)19-13-9-15(21)20(16(13)22)14-4-2-1-3-12(14)18/h1-8,13,19H,9H2. The molecule has 0 aliphatic carbocycles. The van der Waals surface area contributed by atoms with Gasteiger partial charge in [-0.15, -0.1) is 0 Å². The molecule has 4 nitrogen and oxygen atoms in total. The Kier molecular flexibility index (Phi) is 3.81. The average molecular weight is 319 g/mol. The summed E-state index contributed by atoms with van der Waals surface area (Å²) in [6.45, 7) is 0. The fourth-order valence-electron chi connectivity index (χ4n) is 2.38. The highest BCUT2D eigenvalue weighted by molar-refractivity contribution is 6.30. The van der Waals surface area contributed by atoms with E-state index < -0.39 is 23.7 Å². The maximum Gasteiger partial charge on any atom is 0.256 e. The van der Waals surface area contributed by atoms with Crippen LogP contribution >= 0.6 is 11.6 Å². The molecule has 22 heavy (non-hydrogen) atoms. The summed E-state index contributed by atoms with van der Waals surface area (Å²) in [5, 5.41) is 3.55. The van der Waals surface area contributed by atoms with E-state index in [1.807, 2.05) is 0 Å². The fraction of sp³-hybridized carbons (Fsp3) is 0.125. The molecule has 0 spiro atoms. The van der Waals surface area contributed by atoms with Crippen LogP contribution in [0.25, 0.3) is 0 Å². The summed E-state index contributed by atoms with van der Waals surface area (Å²) >= 11 is 5.80. The van der Waals surface area contributed by atoms with Crippen molar-refractivity contribution in [2.75, 3.05) is 10.2 Å². The molecule has 2 aromatic rings. The zero-order chi connectivity index (χ0) is 15.7. The van der Waals surface area contributed by atoms with Gasteiger partial charge in [0.25, 0.3) is 5.91 Å². The summed E-state index contributed by atoms with van der Waals surface area (Å²) in [7, 11) is 0. The van der Waals surface area contributed by atoms with E-state index in [4.69, 9.17) is 11.6 Å². The molecule has 1 saturated heterocycles. The Hall–Kier alpha value is -2.40. The number of nitrogens with one attached hydrogen (secondary N) is 1. The van der Waals surface area contributed by atoms with Crippen molar-refractivity contribution in [3.63, 3.8) is 0 Å². The van der Waals surface area contributed by atoms with Crippen molar-refractivity contribution in [2.45, 2.75) is 12.5 Å². The predicted molar refractivity (Wildman–Crippen MR) is 82.4 cm³/mol. The van der Waals surface area contributed by atoms with Gasteiger partial charge in [-0.05, 0) is 36.4 Å². The zero-order valence-corrected chi connectivity index (χ0v) is 12.2. The van der Waals surface area contributed by atoms with Crippen molar-refractivity contribution >= 4 is 34.8 Å². The number of hydrogen-bond acceptors (Lipinski definition) is 3. The van der Waals surface area contributed by atoms with Crippen LogP contribution in [0.15, 0.2) is 48.5 Å². The number of para-hydroxylation sites is 1. The van der Waals surface area contributed by atoms with Gasteiger partial charge in [0.05, 0.1) is 12.1 Å². The molecule has 1 heterocycles. The molecule has 3 rings (SSSR count). The minimum absolute atomic E-state index is 0.0158. The van der Waals surface area contributed by atoms with Crippen LogP contribution in [0.5, 0.6) is 0 Å². The summed E-state index contributed by atoms with van der Waals surface area (Å²) in [5.41, 5.74) is 0.656. The first-order valence-electron chi connectivity index (χ1n) is 6.69. The van der Waals surface area contributed by atoms with Gasteiger partial charge >= 0.3 is 0 Å². The van der Waals surface area contributed by atoms with Gasteiger partial charge in [0.2, 0.25) is 5.91 Å². The molecule has 0 radical (unpaired) electrons. The molecule has 2 aromatic carbocycles. The van der Waals surface area contributed by atoms with Crippen LogP contribution in [-0.2, 0) is 9.59 Å². The van der Waals surface area contributed by atoms with E-state index in [9.17, 15) is 14.0 Å². The normalized spacial score (nSPS) is 17.9. The molecule has 112 valence electrons. The summed E-state index contributed by atoms with van der Waals surface area (Å²) in [4.78, 5) is 25.4. The smallest absolute Gasteiger partial charge is 0.256 e. The van der Waals surface area contributed by atoms with E-state index in [1.165, 1.54) is 18.2 Å². The van der Waals surface area contributed by atoms with Crippen molar-refractivity contribution in [3.05, 3.63) is 59.4 Å². The van der Waals surface area contributed by atoms with Gasteiger partial charge in [0.15, 0.2) is 0 Å². The van der Waals surface area contributed by atoms with Gasteiger partial charge in [-0.1, -0.05) is 23.7 Å². The van der Waals surface area contributed by atoms with Crippen LogP contribution in [-0.4, -0.2) is 17.9 Å². The number of amides is 2. The van der Waals surface area contributed by atoms with Crippen LogP contribution in [0, 0.1) is 5.82 Å². The van der Waals surface area contributed by atoms with Gasteiger partial charge < -0.3 is 5.32 Å². The second-order valence-corrected chi connectivity index (χ2v) is 5.36. The number of imide groups is 1. The second kappa shape index (κ2) is 5.77. The fourth-order valence-corrected chi connectivity index (χ4v) is 2.50. The monoisotopic (exact) mass is 318 g/mol. The SMILES string of the molecule is O=C1CC(Nc2ccc(Cl)cc2)C(=O)N1c1ccccc1F. The molecule has 6 heteroatoms. The quantitative estimate of drug-likeness (QED) is 0.884. The summed E-state index contributed by atoms with van der Waals surface area (Å²) in [5.74, 6) is -1.50. The molecule has 1 N–H and O–H groups in total. The van der Waals surface area contributed by atoms with E-state index >= 15 is 0 Å². The Balaban J connectivity index is 1.82. The zero-order valence-electron chi connectivity index (χ0n) is 11.4. The number of benzene rings is 2. The van der Waals surface area contributed by atoms with Gasteiger partial charge in [-0.25, -0.2) is 9.29 Å². The molecule has 1 aliphatic heterocycles. The Morgan fingerprint density at radius 1 is 1.09 bits per heavy atom. The van der Waals surface area contributed by atoms with E-state index in [-0.39, 0.29) is 12.1 Å². The van der Waals surface area contributed by atoms with Crippen molar-refractivity contribution < 1.29 is 14.0 Å². The first-order valence-corrected chi connectivity index (χ1v) is 7.07. The minimum atomic E-state index is -0.715. The van der Waals surface area contributed by atoms with Gasteiger partial charge in [0.1, 0.15) is 11.9 Å². The molecule has 0 saturated carbocycles. The van der Waals surface area contributed by atoms with Crippen molar-refractivity contribution in [3.8, 4) is 0 Å². The van der Waals surface area contributed by atoms with Crippen LogP contribution in [0.4, 0.5) is 15.8 Å². The number of rotatable bonds is 3. The lowest BCUT2D eigenvalue weighted by atomic mass is 10.2. The number of anilines is 2. The number of nitrogens with zero attached hydrogens (tertiary/aromatic N) is 1. The molecule has 2 amide bonds. The second-order valence-electron chi connectivity index (χ2n) is 4.93. The Morgan fingerprint density at radius 2 is 1.77 bits per heavy atom. The predicted octanol–water partition coefficient (Wildman–Crippen LogP) is 3.22. The van der Waals surface area contributed by atoms with Crippen molar-refractivity contribution in [1.29, 1.82) is 0 Å². The molecule has 0 bridgehead atoms. The van der Waals surface area contributed by atoms with Gasteiger partial charge in [-0.3, -0.25) is 9.59 Å². The molecule has 1 atom stereocenters. The van der Waals surface area contributed by atoms with E-state index in [0.717, 1.165) is 4.90 Å². The lowest BCUT2D eigenvalue weighted by Gasteiger charge is -2.16. The number of carbonyl (C=O) groups is 2. The molecule has 1 aliphatic rings. The highest BCUT2D eigenvalue weighted by Gasteiger charge is 2.40. The molecule has 0 aromatic heterocycles. The maximum absolute atomic E-state index is 13.8. The van der Waals surface area contributed by atoms with Gasteiger partial charge in [-0.2, -0.15) is 0 Å². The summed E-state index contributed by atoms with van der Waals surface area (Å²) in [6.07, 6.45) is -0.0181. The van der Waals surface area contributed by atoms with Gasteiger partial charge in [0, 0.05) is 10.7 Å². The third-order valence-corrected chi connectivity index (χ3v) is 3.68. The van der Waals surface area contributed by atoms with Crippen LogP contribution < -0.4 is 10.2 Å². The van der Waals surface area contributed by atoms with Crippen molar-refractivity contribution in [1.82, 2.24) is 0 Å². The van der Waals surface area contributed by atoms with Crippen LogP contribution in [0.3, 0.4) is 0 Å². The molecular weight excluding hydrogens is 307 g/mol. The lowest BCUT2D eigenvalue weighted by Crippen LogP contribution is -2.35. The van der Waals surface area contributed by atoms with Crippen LogP contribution in [0.1, 0.15) is 6.42 Å². The third kappa shape index (κ3) is 2.67. The first-order chi connectivity index (χ1) is 10.6. The Bertz CT molecular complexity index is 733. The number of halogens is 2. The number of carbonyl (C=O) groups excluding carboxylic acids is 2. The largest absolute Gasteiger partial charge is 0.373 e. The lowest BCUT2D eigenvalue weighted by molar-refractivity contribution is -0.121. The highest BCUT2D eigenvalue weighted by atomic mass is 35.5. The summed E-state index contributed by atoms with van der Waals surface area (Å²) < 4.78 is 13.8. The van der Waals surface area contributed by atoms with Crippen molar-refractivity contribution in [2.24, 2.45) is 0 Å². The van der Waals surface area contributed by atoms with E-state index in [0.29, 0.717) is 10.7 Å². The van der Waals surface area contributed by atoms with E-state index in [1.54, 1.807) is 30.3 Å². The average Bonchev–Trinajstić information content (AvgIpc) is 2.77. The van der Waals surface area contributed by atoms with Crippen LogP contribution in [0.2, 0.25) is 5.02 Å². The van der Waals surface area contributed by atoms with E-state index in [2.05, 4.69) is 5.32 Å². The molecule has 1 fully saturated rings. The Morgan fingerprint density at radius 3 is 2.45 bits per heavy atom. The third-order valence-electron chi connectivity index (χ3n) is 3.43. The Labute approximate surface area is 131 Å². The molecular formula is C16H12ClFN2O2. The minimum Gasteiger partial charge on any atom is -0.373 e. The summed E-state index contributed by atoms with van der Waals surface area (Å²) in [6, 6.07) is 11.8. The number of hydrogen-bond donors (Lipinski definition) is 1. The topological polar surface area (TPSA) is 49.4 Å². The first kappa shape index (κ1) is 14.5.